The predicted octanol–water partition coefficient (Wildman–Crippen LogP) is 2.10. The lowest BCUT2D eigenvalue weighted by Gasteiger charge is -2.17. The van der Waals surface area contributed by atoms with E-state index in [4.69, 9.17) is 0 Å². The summed E-state index contributed by atoms with van der Waals surface area (Å²) >= 11 is 0. The number of hydrogen-bond donors (Lipinski definition) is 2. The average molecular weight is 266 g/mol. The van der Waals surface area contributed by atoms with Crippen molar-refractivity contribution in [3.63, 3.8) is 0 Å². The van der Waals surface area contributed by atoms with Crippen molar-refractivity contribution < 1.29 is 8.42 Å². The van der Waals surface area contributed by atoms with Crippen molar-refractivity contribution in [2.45, 2.75) is 30.2 Å². The summed E-state index contributed by atoms with van der Waals surface area (Å²) in [7, 11) is -3.19. The minimum atomic E-state index is -3.19. The summed E-state index contributed by atoms with van der Waals surface area (Å²) in [5.74, 6) is 0.602. The Morgan fingerprint density at radius 3 is 2.89 bits per heavy atom. The Balaban J connectivity index is 2.06. The van der Waals surface area contributed by atoms with E-state index in [1.54, 1.807) is 12.1 Å². The van der Waals surface area contributed by atoms with Gasteiger partial charge in [-0.15, -0.1) is 0 Å². The molecule has 2 aliphatic rings. The van der Waals surface area contributed by atoms with Crippen LogP contribution in [0.3, 0.4) is 0 Å². The van der Waals surface area contributed by atoms with Crippen LogP contribution in [0, 0.1) is 5.92 Å². The van der Waals surface area contributed by atoms with Crippen molar-refractivity contribution in [1.82, 2.24) is 0 Å². The Kier molecular flexibility index (Phi) is 2.73. The highest BCUT2D eigenvalue weighted by Crippen LogP contribution is 2.37. The zero-order valence-corrected chi connectivity index (χ0v) is 11.3. The normalized spacial score (nSPS) is 26.5. The highest BCUT2D eigenvalue weighted by atomic mass is 32.2. The number of sulfone groups is 1. The van der Waals surface area contributed by atoms with Crippen LogP contribution in [0.25, 0.3) is 0 Å². The van der Waals surface area contributed by atoms with E-state index in [2.05, 4.69) is 10.6 Å². The van der Waals surface area contributed by atoms with Crippen molar-refractivity contribution in [1.29, 1.82) is 0 Å². The fourth-order valence-electron chi connectivity index (χ4n) is 3.05. The van der Waals surface area contributed by atoms with Crippen LogP contribution < -0.4 is 10.6 Å². The minimum Gasteiger partial charge on any atom is -0.382 e. The molecular formula is C13H18N2O2S. The number of anilines is 2. The Hall–Kier alpha value is -1.23. The third kappa shape index (κ3) is 1.96. The first kappa shape index (κ1) is 11.8. The molecule has 18 heavy (non-hydrogen) atoms. The Morgan fingerprint density at radius 1 is 1.28 bits per heavy atom. The summed E-state index contributed by atoms with van der Waals surface area (Å²) in [5.41, 5.74) is 1.67. The van der Waals surface area contributed by atoms with E-state index in [-0.39, 0.29) is 0 Å². The molecule has 0 aromatic heterocycles. The molecule has 1 saturated carbocycles. The molecule has 2 N–H and O–H groups in total. The summed E-state index contributed by atoms with van der Waals surface area (Å²) < 4.78 is 23.6. The highest BCUT2D eigenvalue weighted by Gasteiger charge is 2.31. The molecule has 1 aliphatic carbocycles. The molecule has 3 rings (SSSR count). The van der Waals surface area contributed by atoms with Crippen LogP contribution in [0.1, 0.15) is 19.3 Å². The van der Waals surface area contributed by atoms with Gasteiger partial charge in [0.2, 0.25) is 0 Å². The predicted molar refractivity (Wildman–Crippen MR) is 72.8 cm³/mol. The van der Waals surface area contributed by atoms with E-state index in [9.17, 15) is 8.42 Å². The zero-order chi connectivity index (χ0) is 12.8. The molecule has 0 amide bonds. The van der Waals surface area contributed by atoms with Crippen LogP contribution in [0.15, 0.2) is 23.1 Å². The molecular weight excluding hydrogens is 248 g/mol. The highest BCUT2D eigenvalue weighted by molar-refractivity contribution is 7.90. The van der Waals surface area contributed by atoms with Gasteiger partial charge < -0.3 is 10.6 Å². The molecule has 4 nitrogen and oxygen atoms in total. The van der Waals surface area contributed by atoms with E-state index in [0.29, 0.717) is 16.9 Å². The topological polar surface area (TPSA) is 58.2 Å². The maximum Gasteiger partial charge on any atom is 0.177 e. The third-order valence-corrected chi connectivity index (χ3v) is 5.11. The molecule has 0 saturated heterocycles. The Morgan fingerprint density at radius 2 is 2.11 bits per heavy atom. The van der Waals surface area contributed by atoms with Crippen LogP contribution >= 0.6 is 0 Å². The number of rotatable bonds is 1. The van der Waals surface area contributed by atoms with Crippen LogP contribution in [0.2, 0.25) is 0 Å². The van der Waals surface area contributed by atoms with Crippen molar-refractivity contribution in [3.05, 3.63) is 18.2 Å². The molecule has 1 aromatic carbocycles. The Labute approximate surface area is 108 Å². The number of hydrogen-bond acceptors (Lipinski definition) is 4. The number of fused-ring (bicyclic) bond motifs is 2. The van der Waals surface area contributed by atoms with Crippen LogP contribution in [-0.2, 0) is 9.84 Å². The third-order valence-electron chi connectivity index (χ3n) is 3.97. The van der Waals surface area contributed by atoms with Crippen molar-refractivity contribution in [2.75, 3.05) is 23.4 Å². The van der Waals surface area contributed by atoms with Crippen LogP contribution in [0.4, 0.5) is 11.4 Å². The fourth-order valence-corrected chi connectivity index (χ4v) is 3.93. The second kappa shape index (κ2) is 4.16. The number of benzene rings is 1. The van der Waals surface area contributed by atoms with E-state index < -0.39 is 9.84 Å². The van der Waals surface area contributed by atoms with Crippen LogP contribution in [0.5, 0.6) is 0 Å². The lowest BCUT2D eigenvalue weighted by atomic mass is 10.0. The quantitative estimate of drug-likeness (QED) is 0.817. The molecule has 2 atom stereocenters. The lowest BCUT2D eigenvalue weighted by Crippen LogP contribution is -2.25. The maximum absolute atomic E-state index is 11.8. The molecule has 0 spiro atoms. The molecule has 1 fully saturated rings. The molecule has 1 aromatic rings. The van der Waals surface area contributed by atoms with Gasteiger partial charge in [-0.1, -0.05) is 12.5 Å². The first-order valence-corrected chi connectivity index (χ1v) is 8.28. The second-order valence-corrected chi connectivity index (χ2v) is 7.26. The van der Waals surface area contributed by atoms with Crippen molar-refractivity contribution in [3.8, 4) is 0 Å². The molecule has 0 bridgehead atoms. The number of nitrogens with one attached hydrogen (secondary N) is 2. The summed E-state index contributed by atoms with van der Waals surface area (Å²) in [5, 5.41) is 6.84. The first-order valence-electron chi connectivity index (χ1n) is 6.39. The Bertz CT molecular complexity index is 568. The maximum atomic E-state index is 11.8. The summed E-state index contributed by atoms with van der Waals surface area (Å²) in [6.07, 6.45) is 4.91. The molecule has 2 unspecified atom stereocenters. The molecule has 1 heterocycles. The van der Waals surface area contributed by atoms with E-state index >= 15 is 0 Å². The van der Waals surface area contributed by atoms with E-state index in [0.717, 1.165) is 17.9 Å². The summed E-state index contributed by atoms with van der Waals surface area (Å²) in [6, 6.07) is 5.91. The van der Waals surface area contributed by atoms with Gasteiger partial charge in [-0.05, 0) is 30.9 Å². The van der Waals surface area contributed by atoms with E-state index in [1.165, 1.54) is 25.5 Å². The summed E-state index contributed by atoms with van der Waals surface area (Å²) in [4.78, 5) is 0.396. The van der Waals surface area contributed by atoms with Gasteiger partial charge in [0.1, 0.15) is 0 Å². The average Bonchev–Trinajstić information content (AvgIpc) is 2.66. The smallest absolute Gasteiger partial charge is 0.177 e. The van der Waals surface area contributed by atoms with Gasteiger partial charge in [-0.25, -0.2) is 8.42 Å². The van der Waals surface area contributed by atoms with Gasteiger partial charge in [-0.2, -0.15) is 0 Å². The molecule has 0 radical (unpaired) electrons. The molecule has 5 heteroatoms. The van der Waals surface area contributed by atoms with Crippen molar-refractivity contribution >= 4 is 21.2 Å². The summed E-state index contributed by atoms with van der Waals surface area (Å²) in [6.45, 7) is 0.858. The monoisotopic (exact) mass is 266 g/mol. The van der Waals surface area contributed by atoms with Gasteiger partial charge in [0, 0.05) is 18.8 Å². The van der Waals surface area contributed by atoms with E-state index in [1.807, 2.05) is 6.07 Å². The molecule has 98 valence electrons. The second-order valence-electron chi connectivity index (χ2n) is 5.27. The lowest BCUT2D eigenvalue weighted by molar-refractivity contribution is 0.537. The number of para-hydroxylation sites is 1. The van der Waals surface area contributed by atoms with Crippen molar-refractivity contribution in [2.24, 2.45) is 5.92 Å². The standard InChI is InChI=1S/C13H18N2O2S/c1-18(16,17)12-7-3-6-11-13(12)14-8-9-4-2-5-10(9)15-11/h3,6-7,9-10,14-15H,2,4-5,8H2,1H3. The van der Waals surface area contributed by atoms with Gasteiger partial charge in [0.05, 0.1) is 16.3 Å². The van der Waals surface area contributed by atoms with Crippen LogP contribution in [-0.4, -0.2) is 27.3 Å². The zero-order valence-electron chi connectivity index (χ0n) is 10.4. The van der Waals surface area contributed by atoms with Gasteiger partial charge in [-0.3, -0.25) is 0 Å². The van der Waals surface area contributed by atoms with Gasteiger partial charge >= 0.3 is 0 Å². The van der Waals surface area contributed by atoms with Gasteiger partial charge in [0.15, 0.2) is 9.84 Å². The van der Waals surface area contributed by atoms with Gasteiger partial charge in [0.25, 0.3) is 0 Å². The first-order chi connectivity index (χ1) is 8.55. The minimum absolute atomic E-state index is 0.396. The fraction of sp³-hybridized carbons (Fsp3) is 0.538. The largest absolute Gasteiger partial charge is 0.382 e. The SMILES string of the molecule is CS(=O)(=O)c1cccc2c1NCC1CCCC1N2. The molecule has 1 aliphatic heterocycles.